The maximum Gasteiger partial charge on any atom is 0.348 e. The molecule has 0 amide bonds. The highest BCUT2D eigenvalue weighted by molar-refractivity contribution is 7.20. The molecule has 0 aliphatic heterocycles. The molecule has 0 fully saturated rings. The zero-order chi connectivity index (χ0) is 21.8. The molecule has 0 unspecified atom stereocenters. The van der Waals surface area contributed by atoms with Crippen LogP contribution >= 0.6 is 11.3 Å². The van der Waals surface area contributed by atoms with E-state index in [1.54, 1.807) is 14.0 Å². The molecule has 0 spiro atoms. The van der Waals surface area contributed by atoms with Crippen LogP contribution in [0.1, 0.15) is 32.2 Å². The van der Waals surface area contributed by atoms with Crippen LogP contribution in [0.15, 0.2) is 59.4 Å². The molecule has 0 radical (unpaired) electrons. The van der Waals surface area contributed by atoms with Crippen LogP contribution in [0.2, 0.25) is 0 Å². The number of nitrogens with zero attached hydrogens (tertiary/aromatic N) is 1. The van der Waals surface area contributed by atoms with Gasteiger partial charge in [-0.05, 0) is 24.1 Å². The summed E-state index contributed by atoms with van der Waals surface area (Å²) < 4.78 is 10.8. The van der Waals surface area contributed by atoms with Gasteiger partial charge in [0.15, 0.2) is 0 Å². The van der Waals surface area contributed by atoms with Crippen molar-refractivity contribution in [1.29, 1.82) is 0 Å². The fourth-order valence-corrected chi connectivity index (χ4v) is 4.56. The second-order valence-corrected chi connectivity index (χ2v) is 8.11. The fourth-order valence-electron chi connectivity index (χ4n) is 3.47. The number of para-hydroxylation sites is 1. The van der Waals surface area contributed by atoms with Gasteiger partial charge in [-0.25, -0.2) is 9.78 Å². The predicted octanol–water partition coefficient (Wildman–Crippen LogP) is 4.29. The van der Waals surface area contributed by atoms with E-state index < -0.39 is 5.97 Å². The summed E-state index contributed by atoms with van der Waals surface area (Å²) in [7, 11) is 1.61. The molecular weight excluding hydrogens is 412 g/mol. The van der Waals surface area contributed by atoms with Crippen molar-refractivity contribution in [2.75, 3.05) is 13.7 Å². The quantitative estimate of drug-likeness (QED) is 0.439. The highest BCUT2D eigenvalue weighted by Crippen LogP contribution is 2.28. The number of ether oxygens (including phenoxy) is 2. The van der Waals surface area contributed by atoms with E-state index in [0.29, 0.717) is 39.3 Å². The Kier molecular flexibility index (Phi) is 6.13. The summed E-state index contributed by atoms with van der Waals surface area (Å²) in [6.45, 7) is 2.03. The second-order valence-electron chi connectivity index (χ2n) is 7.11. The average molecular weight is 435 g/mol. The van der Waals surface area contributed by atoms with Gasteiger partial charge in [0.1, 0.15) is 21.3 Å². The second kappa shape index (κ2) is 9.14. The van der Waals surface area contributed by atoms with E-state index in [9.17, 15) is 9.59 Å². The van der Waals surface area contributed by atoms with Gasteiger partial charge in [-0.15, -0.1) is 11.3 Å². The van der Waals surface area contributed by atoms with E-state index in [1.165, 1.54) is 11.3 Å². The first-order chi connectivity index (χ1) is 15.1. The van der Waals surface area contributed by atoms with Gasteiger partial charge in [0.05, 0.1) is 19.1 Å². The monoisotopic (exact) mass is 434 g/mol. The Hall–Kier alpha value is -3.45. The molecule has 0 atom stereocenters. The number of hydrogen-bond acceptors (Lipinski definition) is 6. The third kappa shape index (κ3) is 4.51. The number of carbonyl (C=O) groups excluding carboxylic acids is 1. The lowest BCUT2D eigenvalue weighted by atomic mass is 10.1. The van der Waals surface area contributed by atoms with E-state index in [0.717, 1.165) is 16.9 Å². The number of carbonyl (C=O) groups is 1. The van der Waals surface area contributed by atoms with Crippen molar-refractivity contribution in [1.82, 2.24) is 9.97 Å². The molecule has 4 aromatic rings. The van der Waals surface area contributed by atoms with Crippen LogP contribution in [0, 0.1) is 6.92 Å². The van der Waals surface area contributed by atoms with Gasteiger partial charge in [-0.3, -0.25) is 4.79 Å². The number of hydrogen-bond donors (Lipinski definition) is 1. The Bertz CT molecular complexity index is 1280. The molecule has 0 bridgehead atoms. The molecule has 7 heteroatoms. The third-order valence-electron chi connectivity index (χ3n) is 5.05. The number of aryl methyl sites for hydroxylation is 1. The smallest absolute Gasteiger partial charge is 0.348 e. The molecule has 31 heavy (non-hydrogen) atoms. The minimum Gasteiger partial charge on any atom is -0.496 e. The Labute approximate surface area is 183 Å². The molecule has 4 rings (SSSR count). The number of thiophene rings is 1. The minimum absolute atomic E-state index is 0.257. The number of rotatable bonds is 7. The van der Waals surface area contributed by atoms with Crippen molar-refractivity contribution in [2.45, 2.75) is 19.8 Å². The number of benzene rings is 2. The van der Waals surface area contributed by atoms with Crippen molar-refractivity contribution in [3.63, 3.8) is 0 Å². The maximum atomic E-state index is 12.7. The number of esters is 1. The van der Waals surface area contributed by atoms with Crippen molar-refractivity contribution in [2.24, 2.45) is 0 Å². The fraction of sp³-hybridized carbons (Fsp3) is 0.208. The van der Waals surface area contributed by atoms with Gasteiger partial charge in [-0.1, -0.05) is 48.5 Å². The predicted molar refractivity (Wildman–Crippen MR) is 121 cm³/mol. The lowest BCUT2D eigenvalue weighted by molar-refractivity contribution is 0.0514. The number of nitrogens with one attached hydrogen (secondary N) is 1. The van der Waals surface area contributed by atoms with Crippen molar-refractivity contribution < 1.29 is 14.3 Å². The summed E-state index contributed by atoms with van der Waals surface area (Å²) >= 11 is 1.19. The van der Waals surface area contributed by atoms with E-state index in [2.05, 4.69) is 9.97 Å². The Balaban J connectivity index is 1.55. The van der Waals surface area contributed by atoms with Crippen LogP contribution in [0.4, 0.5) is 0 Å². The SMILES string of the molecule is COc1ccccc1Cc1nc2sc(C(=O)OCCc3ccccc3)c(C)c2c(=O)[nH]1. The van der Waals surface area contributed by atoms with E-state index in [4.69, 9.17) is 9.47 Å². The largest absolute Gasteiger partial charge is 0.496 e. The molecule has 158 valence electrons. The molecule has 0 aliphatic rings. The summed E-state index contributed by atoms with van der Waals surface area (Å²) in [4.78, 5) is 33.7. The first kappa shape index (κ1) is 20.8. The van der Waals surface area contributed by atoms with Gasteiger partial charge in [0.25, 0.3) is 5.56 Å². The zero-order valence-electron chi connectivity index (χ0n) is 17.3. The van der Waals surface area contributed by atoms with E-state index in [1.807, 2.05) is 54.6 Å². The normalized spacial score (nSPS) is 10.9. The molecule has 6 nitrogen and oxygen atoms in total. The van der Waals surface area contributed by atoms with Crippen molar-refractivity contribution >= 4 is 27.5 Å². The lowest BCUT2D eigenvalue weighted by Gasteiger charge is -2.07. The third-order valence-corrected chi connectivity index (χ3v) is 6.22. The van der Waals surface area contributed by atoms with E-state index >= 15 is 0 Å². The Morgan fingerprint density at radius 3 is 2.61 bits per heavy atom. The number of methoxy groups -OCH3 is 1. The first-order valence-corrected chi connectivity index (χ1v) is 10.7. The summed E-state index contributed by atoms with van der Waals surface area (Å²) in [5.74, 6) is 0.824. The van der Waals surface area contributed by atoms with Crippen LogP contribution in [0.5, 0.6) is 5.75 Å². The van der Waals surface area contributed by atoms with Crippen LogP contribution in [0.3, 0.4) is 0 Å². The lowest BCUT2D eigenvalue weighted by Crippen LogP contribution is -2.12. The van der Waals surface area contributed by atoms with Crippen LogP contribution < -0.4 is 10.3 Å². The minimum atomic E-state index is -0.429. The summed E-state index contributed by atoms with van der Waals surface area (Å²) in [5, 5.41) is 0.434. The highest BCUT2D eigenvalue weighted by Gasteiger charge is 2.20. The van der Waals surface area contributed by atoms with Crippen molar-refractivity contribution in [3.8, 4) is 5.75 Å². The number of aromatic nitrogens is 2. The van der Waals surface area contributed by atoms with Gasteiger partial charge in [0, 0.05) is 18.4 Å². The Morgan fingerprint density at radius 2 is 1.84 bits per heavy atom. The zero-order valence-corrected chi connectivity index (χ0v) is 18.1. The molecule has 0 saturated carbocycles. The maximum absolute atomic E-state index is 12.7. The first-order valence-electron chi connectivity index (χ1n) is 9.92. The Morgan fingerprint density at radius 1 is 1.10 bits per heavy atom. The molecule has 2 aromatic carbocycles. The van der Waals surface area contributed by atoms with E-state index in [-0.39, 0.29) is 12.2 Å². The molecule has 0 aliphatic carbocycles. The molecular formula is C24H22N2O4S. The average Bonchev–Trinajstić information content (AvgIpc) is 3.11. The molecule has 1 N–H and O–H groups in total. The van der Waals surface area contributed by atoms with Crippen LogP contribution in [0.25, 0.3) is 10.2 Å². The molecule has 2 aromatic heterocycles. The topological polar surface area (TPSA) is 81.3 Å². The highest BCUT2D eigenvalue weighted by atomic mass is 32.1. The van der Waals surface area contributed by atoms with Crippen LogP contribution in [-0.4, -0.2) is 29.7 Å². The van der Waals surface area contributed by atoms with Gasteiger partial charge < -0.3 is 14.5 Å². The van der Waals surface area contributed by atoms with Gasteiger partial charge in [0.2, 0.25) is 0 Å². The van der Waals surface area contributed by atoms with Gasteiger partial charge in [-0.2, -0.15) is 0 Å². The summed E-state index contributed by atoms with van der Waals surface area (Å²) in [6.07, 6.45) is 1.06. The number of H-pyrrole nitrogens is 1. The van der Waals surface area contributed by atoms with Crippen molar-refractivity contribution in [3.05, 3.63) is 92.3 Å². The summed E-state index contributed by atoms with van der Waals surface area (Å²) in [6, 6.07) is 17.4. The molecule has 0 saturated heterocycles. The number of aromatic amines is 1. The van der Waals surface area contributed by atoms with Gasteiger partial charge >= 0.3 is 5.97 Å². The number of fused-ring (bicyclic) bond motifs is 1. The summed E-state index contributed by atoms with van der Waals surface area (Å²) in [5.41, 5.74) is 2.36. The van der Waals surface area contributed by atoms with Crippen LogP contribution in [-0.2, 0) is 17.6 Å². The standard InChI is InChI=1S/C24H22N2O4S/c1-15-20-22(27)25-19(14-17-10-6-7-11-18(17)29-2)26-23(20)31-21(15)24(28)30-13-12-16-8-4-3-5-9-16/h3-11H,12-14H2,1-2H3,(H,25,26,27). The molecule has 2 heterocycles.